The van der Waals surface area contributed by atoms with E-state index in [4.69, 9.17) is 9.47 Å². The van der Waals surface area contributed by atoms with Gasteiger partial charge in [0.1, 0.15) is 5.00 Å². The van der Waals surface area contributed by atoms with E-state index in [0.29, 0.717) is 28.7 Å². The summed E-state index contributed by atoms with van der Waals surface area (Å²) in [5.41, 5.74) is -0.0756. The molecule has 0 saturated heterocycles. The molecule has 2 heterocycles. The zero-order valence-electron chi connectivity index (χ0n) is 19.5. The average molecular weight is 486 g/mol. The minimum absolute atomic E-state index is 0.0399. The number of fused-ring (bicyclic) bond motifs is 1. The minimum Gasteiger partial charge on any atom is -0.462 e. The van der Waals surface area contributed by atoms with Crippen molar-refractivity contribution in [1.29, 1.82) is 0 Å². The molecule has 0 aliphatic rings. The molecular weight excluding hydrogens is 458 g/mol. The molecule has 3 aromatic rings. The minimum atomic E-state index is -0.823. The monoisotopic (exact) mass is 485 g/mol. The van der Waals surface area contributed by atoms with Crippen molar-refractivity contribution in [2.45, 2.75) is 46.6 Å². The van der Waals surface area contributed by atoms with E-state index in [2.05, 4.69) is 10.4 Å². The van der Waals surface area contributed by atoms with Crippen molar-refractivity contribution >= 4 is 45.0 Å². The first-order chi connectivity index (χ1) is 16.3. The Hall–Kier alpha value is -3.53. The summed E-state index contributed by atoms with van der Waals surface area (Å²) in [5.74, 6) is -1.82. The van der Waals surface area contributed by atoms with E-state index in [1.807, 2.05) is 20.8 Å². The van der Waals surface area contributed by atoms with Gasteiger partial charge in [-0.1, -0.05) is 39.0 Å². The summed E-state index contributed by atoms with van der Waals surface area (Å²) in [6, 6.07) is 8.33. The first-order valence-electron chi connectivity index (χ1n) is 11.0. The van der Waals surface area contributed by atoms with Crippen molar-refractivity contribution in [3.05, 3.63) is 56.8 Å². The van der Waals surface area contributed by atoms with E-state index < -0.39 is 24.5 Å². The number of anilines is 1. The highest BCUT2D eigenvalue weighted by molar-refractivity contribution is 7.16. The van der Waals surface area contributed by atoms with Gasteiger partial charge in [0, 0.05) is 16.8 Å². The van der Waals surface area contributed by atoms with Crippen LogP contribution < -0.4 is 10.9 Å². The van der Waals surface area contributed by atoms with Crippen molar-refractivity contribution in [2.75, 3.05) is 18.5 Å². The highest BCUT2D eigenvalue weighted by Gasteiger charge is 2.22. The molecule has 2 aromatic heterocycles. The number of benzene rings is 1. The smallest absolute Gasteiger partial charge is 0.359 e. The number of esters is 2. The van der Waals surface area contributed by atoms with Gasteiger partial charge in [0.25, 0.3) is 11.5 Å². The van der Waals surface area contributed by atoms with Crippen molar-refractivity contribution in [3.63, 3.8) is 0 Å². The fourth-order valence-corrected chi connectivity index (χ4v) is 4.32. The molecule has 0 radical (unpaired) electrons. The summed E-state index contributed by atoms with van der Waals surface area (Å²) in [6.07, 6.45) is 0.657. The number of aryl methyl sites for hydroxylation is 1. The second-order valence-corrected chi connectivity index (χ2v) is 8.90. The van der Waals surface area contributed by atoms with Crippen LogP contribution in [0.4, 0.5) is 5.00 Å². The molecule has 0 aliphatic heterocycles. The van der Waals surface area contributed by atoms with Crippen molar-refractivity contribution < 1.29 is 23.9 Å². The number of nitrogens with one attached hydrogen (secondary N) is 1. The van der Waals surface area contributed by atoms with Crippen molar-refractivity contribution in [1.82, 2.24) is 9.78 Å². The number of carbonyl (C=O) groups is 3. The molecule has 0 aliphatic carbocycles. The summed E-state index contributed by atoms with van der Waals surface area (Å²) in [5, 5.41) is 7.85. The maximum Gasteiger partial charge on any atom is 0.359 e. The zero-order chi connectivity index (χ0) is 24.8. The zero-order valence-corrected chi connectivity index (χ0v) is 20.4. The number of carbonyl (C=O) groups excluding carboxylic acids is 3. The van der Waals surface area contributed by atoms with Gasteiger partial charge in [0.2, 0.25) is 0 Å². The van der Waals surface area contributed by atoms with Gasteiger partial charge in [-0.25, -0.2) is 14.3 Å². The van der Waals surface area contributed by atoms with Gasteiger partial charge in [-0.15, -0.1) is 11.3 Å². The van der Waals surface area contributed by atoms with E-state index >= 15 is 0 Å². The molecular formula is C24H27N3O6S. The van der Waals surface area contributed by atoms with Crippen LogP contribution in [0, 0.1) is 0 Å². The quantitative estimate of drug-likeness (QED) is 0.456. The lowest BCUT2D eigenvalue weighted by molar-refractivity contribution is -0.119. The predicted octanol–water partition coefficient (Wildman–Crippen LogP) is 3.96. The Morgan fingerprint density at radius 1 is 1.09 bits per heavy atom. The van der Waals surface area contributed by atoms with Crippen LogP contribution in [0.1, 0.15) is 65.8 Å². The summed E-state index contributed by atoms with van der Waals surface area (Å²) in [6.45, 7) is 7.51. The van der Waals surface area contributed by atoms with Crippen LogP contribution in [0.25, 0.3) is 10.8 Å². The highest BCUT2D eigenvalue weighted by Crippen LogP contribution is 2.33. The first-order valence-corrected chi connectivity index (χ1v) is 11.9. The molecule has 3 rings (SSSR count). The Labute approximate surface area is 200 Å². The molecule has 9 nitrogen and oxygen atoms in total. The second kappa shape index (κ2) is 11.1. The van der Waals surface area contributed by atoms with E-state index in [-0.39, 0.29) is 29.3 Å². The second-order valence-electron chi connectivity index (χ2n) is 7.81. The summed E-state index contributed by atoms with van der Waals surface area (Å²) in [4.78, 5) is 51.1. The van der Waals surface area contributed by atoms with Gasteiger partial charge >= 0.3 is 11.9 Å². The van der Waals surface area contributed by atoms with Gasteiger partial charge in [0.15, 0.2) is 12.3 Å². The summed E-state index contributed by atoms with van der Waals surface area (Å²) < 4.78 is 11.5. The third-order valence-electron chi connectivity index (χ3n) is 4.90. The molecule has 0 fully saturated rings. The van der Waals surface area contributed by atoms with Gasteiger partial charge in [-0.05, 0) is 31.4 Å². The largest absolute Gasteiger partial charge is 0.462 e. The van der Waals surface area contributed by atoms with Crippen LogP contribution in [0.15, 0.2) is 35.1 Å². The summed E-state index contributed by atoms with van der Waals surface area (Å²) in [7, 11) is 0. The fraction of sp³-hybridized carbons (Fsp3) is 0.375. The van der Waals surface area contributed by atoms with Crippen LogP contribution in [-0.4, -0.2) is 40.8 Å². The van der Waals surface area contributed by atoms with Crippen LogP contribution in [0.3, 0.4) is 0 Å². The molecule has 1 amide bonds. The number of thiophene rings is 1. The van der Waals surface area contributed by atoms with Gasteiger partial charge in [-0.3, -0.25) is 9.59 Å². The topological polar surface area (TPSA) is 117 Å². The molecule has 0 bridgehead atoms. The number of hydrogen-bond donors (Lipinski definition) is 1. The Kier molecular flexibility index (Phi) is 8.17. The molecule has 10 heteroatoms. The molecule has 1 N–H and O–H groups in total. The fourth-order valence-electron chi connectivity index (χ4n) is 3.26. The normalized spacial score (nSPS) is 11.0. The Bertz CT molecular complexity index is 1280. The van der Waals surface area contributed by atoms with Crippen LogP contribution >= 0.6 is 11.3 Å². The van der Waals surface area contributed by atoms with Crippen molar-refractivity contribution in [3.8, 4) is 0 Å². The maximum atomic E-state index is 12.8. The van der Waals surface area contributed by atoms with Crippen molar-refractivity contribution in [2.24, 2.45) is 0 Å². The average Bonchev–Trinajstić information content (AvgIpc) is 3.24. The van der Waals surface area contributed by atoms with Crippen LogP contribution in [-0.2, 0) is 20.8 Å². The highest BCUT2D eigenvalue weighted by atomic mass is 32.1. The predicted molar refractivity (Wildman–Crippen MR) is 130 cm³/mol. The van der Waals surface area contributed by atoms with Gasteiger partial charge in [-0.2, -0.15) is 5.10 Å². The van der Waals surface area contributed by atoms with E-state index in [1.165, 1.54) is 16.0 Å². The third-order valence-corrected chi connectivity index (χ3v) is 6.25. The number of amides is 1. The Morgan fingerprint density at radius 3 is 2.44 bits per heavy atom. The molecule has 180 valence electrons. The number of ether oxygens (including phenoxy) is 2. The van der Waals surface area contributed by atoms with Crippen LogP contribution in [0.2, 0.25) is 0 Å². The number of rotatable bonds is 9. The third kappa shape index (κ3) is 5.51. The molecule has 1 aromatic carbocycles. The standard InChI is InChI=1S/C24H27N3O6S/c1-5-11-27-22(29)16-10-8-7-9-15(16)20(26-27)24(31)33-13-19(28)25-21-17(23(30)32-6-2)12-18(34-21)14(3)4/h7-10,12,14H,5-6,11,13H2,1-4H3,(H,25,28). The van der Waals surface area contributed by atoms with E-state index in [0.717, 1.165) is 4.88 Å². The molecule has 0 spiro atoms. The summed E-state index contributed by atoms with van der Waals surface area (Å²) >= 11 is 1.27. The molecule has 0 unspecified atom stereocenters. The van der Waals surface area contributed by atoms with Gasteiger partial charge in [0.05, 0.1) is 17.6 Å². The lowest BCUT2D eigenvalue weighted by Gasteiger charge is -2.10. The molecule has 0 atom stereocenters. The Morgan fingerprint density at radius 2 is 1.79 bits per heavy atom. The number of hydrogen-bond acceptors (Lipinski definition) is 8. The van der Waals surface area contributed by atoms with E-state index in [1.54, 1.807) is 37.3 Å². The van der Waals surface area contributed by atoms with Gasteiger partial charge < -0.3 is 14.8 Å². The van der Waals surface area contributed by atoms with E-state index in [9.17, 15) is 19.2 Å². The molecule has 0 saturated carbocycles. The maximum absolute atomic E-state index is 12.8. The first kappa shape index (κ1) is 25.1. The lowest BCUT2D eigenvalue weighted by atomic mass is 10.1. The molecule has 34 heavy (non-hydrogen) atoms. The lowest BCUT2D eigenvalue weighted by Crippen LogP contribution is -2.27. The van der Waals surface area contributed by atoms with Crippen LogP contribution in [0.5, 0.6) is 0 Å². The number of aromatic nitrogens is 2. The Balaban J connectivity index is 1.78. The number of nitrogens with zero attached hydrogens (tertiary/aromatic N) is 2. The SMILES string of the molecule is CCCn1nc(C(=O)OCC(=O)Nc2sc(C(C)C)cc2C(=O)OCC)c2ccccc2c1=O.